The van der Waals surface area contributed by atoms with Gasteiger partial charge < -0.3 is 0 Å². The Morgan fingerprint density at radius 3 is 1.78 bits per heavy atom. The molecule has 0 aliphatic heterocycles. The molecule has 0 saturated carbocycles. The molecule has 10 heteroatoms. The first-order chi connectivity index (χ1) is 12.2. The van der Waals surface area contributed by atoms with E-state index in [1.54, 1.807) is 0 Å². The molecule has 0 N–H and O–H groups in total. The predicted molar refractivity (Wildman–Crippen MR) is 76.1 cm³/mol. The SMILES string of the molecule is O=Cc1cc(Cc2cc(C(F)(F)F)ccc2C(F)(F)F)cc(C(F)(F)F)c1. The Morgan fingerprint density at radius 2 is 1.30 bits per heavy atom. The van der Waals surface area contributed by atoms with E-state index >= 15 is 0 Å². The Balaban J connectivity index is 2.60. The molecule has 0 amide bonds. The predicted octanol–water partition coefficient (Wildman–Crippen LogP) is 6.15. The molecule has 0 radical (unpaired) electrons. The number of carbonyl (C=O) groups is 1. The summed E-state index contributed by atoms with van der Waals surface area (Å²) in [6, 6.07) is 2.59. The largest absolute Gasteiger partial charge is 0.416 e. The van der Waals surface area contributed by atoms with Gasteiger partial charge in [-0.1, -0.05) is 0 Å². The van der Waals surface area contributed by atoms with E-state index in [0.29, 0.717) is 12.1 Å². The summed E-state index contributed by atoms with van der Waals surface area (Å²) in [5, 5.41) is 0. The molecule has 0 heterocycles. The Morgan fingerprint density at radius 1 is 0.704 bits per heavy atom. The zero-order valence-corrected chi connectivity index (χ0v) is 13.1. The first kappa shape index (κ1) is 20.8. The lowest BCUT2D eigenvalue weighted by Gasteiger charge is -2.17. The van der Waals surface area contributed by atoms with E-state index in [2.05, 4.69) is 0 Å². The molecular formula is C17H9F9O. The summed E-state index contributed by atoms with van der Waals surface area (Å²) in [6.07, 6.45) is -15.6. The molecule has 2 rings (SSSR count). The minimum Gasteiger partial charge on any atom is -0.298 e. The van der Waals surface area contributed by atoms with Gasteiger partial charge in [-0.2, -0.15) is 39.5 Å². The molecule has 0 aliphatic carbocycles. The van der Waals surface area contributed by atoms with Crippen LogP contribution in [-0.4, -0.2) is 6.29 Å². The third-order valence-corrected chi connectivity index (χ3v) is 3.61. The number of halogens is 9. The molecule has 0 aromatic heterocycles. The van der Waals surface area contributed by atoms with Gasteiger partial charge in [-0.3, -0.25) is 4.79 Å². The zero-order valence-electron chi connectivity index (χ0n) is 13.1. The van der Waals surface area contributed by atoms with Crippen molar-refractivity contribution in [2.45, 2.75) is 24.9 Å². The third kappa shape index (κ3) is 5.01. The molecule has 0 bridgehead atoms. The lowest BCUT2D eigenvalue weighted by Crippen LogP contribution is -2.13. The summed E-state index contributed by atoms with van der Waals surface area (Å²) in [7, 11) is 0. The average Bonchev–Trinajstić information content (AvgIpc) is 2.51. The van der Waals surface area contributed by atoms with E-state index in [-0.39, 0.29) is 30.0 Å². The van der Waals surface area contributed by atoms with Crippen LogP contribution >= 0.6 is 0 Å². The van der Waals surface area contributed by atoms with Crippen LogP contribution in [0.15, 0.2) is 36.4 Å². The Labute approximate surface area is 146 Å². The van der Waals surface area contributed by atoms with Crippen molar-refractivity contribution in [3.63, 3.8) is 0 Å². The summed E-state index contributed by atoms with van der Waals surface area (Å²) in [5.41, 5.74) is -5.75. The normalized spacial score (nSPS) is 12.9. The smallest absolute Gasteiger partial charge is 0.298 e. The van der Waals surface area contributed by atoms with Crippen LogP contribution in [0.2, 0.25) is 0 Å². The number of benzene rings is 2. The molecule has 146 valence electrons. The molecule has 2 aromatic carbocycles. The van der Waals surface area contributed by atoms with Gasteiger partial charge in [0.2, 0.25) is 0 Å². The number of aldehydes is 1. The molecule has 27 heavy (non-hydrogen) atoms. The molecule has 2 aromatic rings. The van der Waals surface area contributed by atoms with Crippen molar-refractivity contribution >= 4 is 6.29 Å². The average molecular weight is 400 g/mol. The minimum absolute atomic E-state index is 0.0650. The van der Waals surface area contributed by atoms with Crippen molar-refractivity contribution in [3.8, 4) is 0 Å². The lowest BCUT2D eigenvalue weighted by atomic mass is 9.95. The highest BCUT2D eigenvalue weighted by Crippen LogP contribution is 2.38. The maximum absolute atomic E-state index is 13.1. The lowest BCUT2D eigenvalue weighted by molar-refractivity contribution is -0.141. The fraction of sp³-hybridized carbons (Fsp3) is 0.235. The van der Waals surface area contributed by atoms with Crippen LogP contribution in [0.5, 0.6) is 0 Å². The zero-order chi connectivity index (χ0) is 20.6. The van der Waals surface area contributed by atoms with Gasteiger partial charge in [0, 0.05) is 5.56 Å². The van der Waals surface area contributed by atoms with Gasteiger partial charge in [0.05, 0.1) is 16.7 Å². The quantitative estimate of drug-likeness (QED) is 0.447. The second kappa shape index (κ2) is 6.90. The van der Waals surface area contributed by atoms with E-state index in [4.69, 9.17) is 0 Å². The van der Waals surface area contributed by atoms with E-state index < -0.39 is 52.8 Å². The highest BCUT2D eigenvalue weighted by atomic mass is 19.4. The van der Waals surface area contributed by atoms with Crippen LogP contribution in [0.1, 0.15) is 38.2 Å². The van der Waals surface area contributed by atoms with Crippen molar-refractivity contribution in [1.29, 1.82) is 0 Å². The molecule has 0 saturated heterocycles. The van der Waals surface area contributed by atoms with Crippen LogP contribution in [0.3, 0.4) is 0 Å². The van der Waals surface area contributed by atoms with Crippen LogP contribution in [0.25, 0.3) is 0 Å². The number of carbonyl (C=O) groups excluding carboxylic acids is 1. The van der Waals surface area contributed by atoms with Gasteiger partial charge in [0.1, 0.15) is 6.29 Å². The van der Waals surface area contributed by atoms with Crippen LogP contribution in [0, 0.1) is 0 Å². The topological polar surface area (TPSA) is 17.1 Å². The van der Waals surface area contributed by atoms with Gasteiger partial charge in [-0.15, -0.1) is 0 Å². The first-order valence-electron chi connectivity index (χ1n) is 7.15. The summed E-state index contributed by atoms with van der Waals surface area (Å²) >= 11 is 0. The van der Waals surface area contributed by atoms with Crippen molar-refractivity contribution in [2.24, 2.45) is 0 Å². The van der Waals surface area contributed by atoms with E-state index in [9.17, 15) is 44.3 Å². The van der Waals surface area contributed by atoms with Crippen LogP contribution in [0.4, 0.5) is 39.5 Å². The molecular weight excluding hydrogens is 391 g/mol. The monoisotopic (exact) mass is 400 g/mol. The molecule has 0 aliphatic rings. The van der Waals surface area contributed by atoms with Crippen molar-refractivity contribution < 1.29 is 44.3 Å². The standard InChI is InChI=1S/C17H9F9O/c18-15(19,20)12-1-2-14(17(24,25)26)11(7-12)4-9-3-10(8-27)6-13(5-9)16(21,22)23/h1-3,5-8H,4H2. The van der Waals surface area contributed by atoms with Gasteiger partial charge in [-0.05, 0) is 53.9 Å². The van der Waals surface area contributed by atoms with Crippen molar-refractivity contribution in [1.82, 2.24) is 0 Å². The molecule has 1 nitrogen and oxygen atoms in total. The molecule has 0 fully saturated rings. The number of hydrogen-bond acceptors (Lipinski definition) is 1. The second-order valence-corrected chi connectivity index (χ2v) is 5.62. The van der Waals surface area contributed by atoms with Crippen LogP contribution < -0.4 is 0 Å². The number of hydrogen-bond donors (Lipinski definition) is 0. The van der Waals surface area contributed by atoms with Crippen LogP contribution in [-0.2, 0) is 24.9 Å². The van der Waals surface area contributed by atoms with Gasteiger partial charge in [-0.25, -0.2) is 0 Å². The Bertz CT molecular complexity index is 845. The molecule has 0 atom stereocenters. The van der Waals surface area contributed by atoms with E-state index in [0.717, 1.165) is 6.07 Å². The second-order valence-electron chi connectivity index (χ2n) is 5.62. The summed E-state index contributed by atoms with van der Waals surface area (Å²) < 4.78 is 116. The molecule has 0 spiro atoms. The van der Waals surface area contributed by atoms with Gasteiger partial charge in [0.25, 0.3) is 0 Å². The van der Waals surface area contributed by atoms with Crippen molar-refractivity contribution in [3.05, 3.63) is 69.8 Å². The van der Waals surface area contributed by atoms with E-state index in [1.807, 2.05) is 0 Å². The van der Waals surface area contributed by atoms with Gasteiger partial charge in [0.15, 0.2) is 0 Å². The Kier molecular flexibility index (Phi) is 5.31. The summed E-state index contributed by atoms with van der Waals surface area (Å²) in [4.78, 5) is 10.8. The fourth-order valence-electron chi connectivity index (χ4n) is 2.46. The number of alkyl halides is 9. The highest BCUT2D eigenvalue weighted by Gasteiger charge is 2.37. The fourth-order valence-corrected chi connectivity index (χ4v) is 2.46. The Hall–Kier alpha value is -2.52. The minimum atomic E-state index is -5.01. The maximum Gasteiger partial charge on any atom is 0.416 e. The van der Waals surface area contributed by atoms with E-state index in [1.165, 1.54) is 0 Å². The third-order valence-electron chi connectivity index (χ3n) is 3.61. The molecule has 0 unspecified atom stereocenters. The number of rotatable bonds is 3. The van der Waals surface area contributed by atoms with Crippen molar-refractivity contribution in [2.75, 3.05) is 0 Å². The van der Waals surface area contributed by atoms with Gasteiger partial charge >= 0.3 is 18.5 Å². The summed E-state index contributed by atoms with van der Waals surface area (Å²) in [6.45, 7) is 0. The first-order valence-corrected chi connectivity index (χ1v) is 7.15. The highest BCUT2D eigenvalue weighted by molar-refractivity contribution is 5.75. The maximum atomic E-state index is 13.1. The summed E-state index contributed by atoms with van der Waals surface area (Å²) in [5.74, 6) is 0.